The van der Waals surface area contributed by atoms with Gasteiger partial charge in [0.15, 0.2) is 0 Å². The zero-order valence-electron chi connectivity index (χ0n) is 16.5. The molecule has 0 bridgehead atoms. The van der Waals surface area contributed by atoms with E-state index in [1.54, 1.807) is 0 Å². The van der Waals surface area contributed by atoms with E-state index in [2.05, 4.69) is 15.4 Å². The maximum Gasteiger partial charge on any atom is 0.241 e. The fraction of sp³-hybridized carbons (Fsp3) is 0.600. The summed E-state index contributed by atoms with van der Waals surface area (Å²) in [7, 11) is -3.89. The van der Waals surface area contributed by atoms with Gasteiger partial charge in [0, 0.05) is 18.0 Å². The van der Waals surface area contributed by atoms with Gasteiger partial charge >= 0.3 is 0 Å². The molecule has 0 spiro atoms. The third kappa shape index (κ3) is 5.76. The van der Waals surface area contributed by atoms with E-state index in [9.17, 15) is 22.4 Å². The van der Waals surface area contributed by atoms with Gasteiger partial charge in [-0.2, -0.15) is 0 Å². The van der Waals surface area contributed by atoms with Gasteiger partial charge in [-0.1, -0.05) is 0 Å². The third-order valence-electron chi connectivity index (χ3n) is 5.78. The van der Waals surface area contributed by atoms with Crippen molar-refractivity contribution < 1.29 is 22.4 Å². The monoisotopic (exact) mass is 425 g/mol. The lowest BCUT2D eigenvalue weighted by Gasteiger charge is -2.32. The lowest BCUT2D eigenvalue weighted by molar-refractivity contribution is -0.127. The summed E-state index contributed by atoms with van der Waals surface area (Å²) >= 11 is 0. The minimum absolute atomic E-state index is 0.0102. The summed E-state index contributed by atoms with van der Waals surface area (Å²) in [5, 5.41) is 5.90. The molecule has 0 aromatic heterocycles. The van der Waals surface area contributed by atoms with Crippen molar-refractivity contribution in [1.29, 1.82) is 0 Å². The van der Waals surface area contributed by atoms with Crippen molar-refractivity contribution in [1.82, 2.24) is 15.4 Å². The van der Waals surface area contributed by atoms with Crippen LogP contribution in [0.15, 0.2) is 23.1 Å². The Bertz CT molecular complexity index is 862. The lowest BCUT2D eigenvalue weighted by Crippen LogP contribution is -2.46. The van der Waals surface area contributed by atoms with Crippen LogP contribution in [-0.2, 0) is 19.6 Å². The number of amides is 2. The van der Waals surface area contributed by atoms with E-state index in [-0.39, 0.29) is 34.9 Å². The lowest BCUT2D eigenvalue weighted by atomic mass is 9.84. The summed E-state index contributed by atoms with van der Waals surface area (Å²) in [5.74, 6) is -0.806. The number of carbonyl (C=O) groups is 2. The maximum absolute atomic E-state index is 13.3. The average molecular weight is 426 g/mol. The maximum atomic E-state index is 13.3. The summed E-state index contributed by atoms with van der Waals surface area (Å²) in [6.07, 6.45) is 6.11. The standard InChI is InChI=1S/C20H28FN3O4S/c1-13-11-17(9-10-18(13)21)29(27,28)22-12-19(25)23-16-7-5-14(6-8-16)20(26)24-15-3-2-4-15/h9-11,14-16,22H,2-8,12H2,1H3,(H,23,25)(H,24,26). The van der Waals surface area contributed by atoms with Crippen LogP contribution in [0.25, 0.3) is 0 Å². The summed E-state index contributed by atoms with van der Waals surface area (Å²) in [6.45, 7) is 1.09. The number of hydrogen-bond acceptors (Lipinski definition) is 4. The van der Waals surface area contributed by atoms with Gasteiger partial charge in [-0.25, -0.2) is 17.5 Å². The van der Waals surface area contributed by atoms with Crippen LogP contribution in [0.5, 0.6) is 0 Å². The first-order valence-corrected chi connectivity index (χ1v) is 11.6. The van der Waals surface area contributed by atoms with Crippen molar-refractivity contribution in [3.8, 4) is 0 Å². The largest absolute Gasteiger partial charge is 0.353 e. The Balaban J connectivity index is 1.41. The van der Waals surface area contributed by atoms with Crippen LogP contribution in [0.4, 0.5) is 4.39 Å². The van der Waals surface area contributed by atoms with Crippen LogP contribution in [-0.4, -0.2) is 38.9 Å². The first-order chi connectivity index (χ1) is 13.7. The topological polar surface area (TPSA) is 104 Å². The van der Waals surface area contributed by atoms with Crippen molar-refractivity contribution in [3.05, 3.63) is 29.6 Å². The molecule has 160 valence electrons. The number of rotatable bonds is 7. The van der Waals surface area contributed by atoms with Crippen LogP contribution in [0.1, 0.15) is 50.5 Å². The number of sulfonamides is 1. The Morgan fingerprint density at radius 1 is 1.03 bits per heavy atom. The predicted molar refractivity (Wildman–Crippen MR) is 106 cm³/mol. The van der Waals surface area contributed by atoms with Gasteiger partial charge in [-0.05, 0) is 75.6 Å². The summed E-state index contributed by atoms with van der Waals surface area (Å²) in [6, 6.07) is 3.75. The zero-order valence-corrected chi connectivity index (χ0v) is 17.4. The second-order valence-electron chi connectivity index (χ2n) is 7.99. The third-order valence-corrected chi connectivity index (χ3v) is 7.18. The van der Waals surface area contributed by atoms with E-state index >= 15 is 0 Å². The van der Waals surface area contributed by atoms with Gasteiger partial charge in [0.25, 0.3) is 0 Å². The molecule has 0 heterocycles. The summed E-state index contributed by atoms with van der Waals surface area (Å²) in [5.41, 5.74) is 0.218. The molecule has 0 aliphatic heterocycles. The molecule has 2 saturated carbocycles. The Kier molecular flexibility index (Phi) is 6.89. The molecular formula is C20H28FN3O4S. The van der Waals surface area contributed by atoms with Crippen LogP contribution in [0.3, 0.4) is 0 Å². The molecule has 7 nitrogen and oxygen atoms in total. The Morgan fingerprint density at radius 3 is 2.28 bits per heavy atom. The first-order valence-electron chi connectivity index (χ1n) is 10.1. The van der Waals surface area contributed by atoms with Gasteiger partial charge in [0.1, 0.15) is 5.82 Å². The van der Waals surface area contributed by atoms with E-state index in [0.29, 0.717) is 31.7 Å². The summed E-state index contributed by atoms with van der Waals surface area (Å²) < 4.78 is 40.1. The SMILES string of the molecule is Cc1cc(S(=O)(=O)NCC(=O)NC2CCC(C(=O)NC3CCC3)CC2)ccc1F. The number of carbonyl (C=O) groups excluding carboxylic acids is 2. The second-order valence-corrected chi connectivity index (χ2v) is 9.75. The molecular weight excluding hydrogens is 397 g/mol. The predicted octanol–water partition coefficient (Wildman–Crippen LogP) is 1.76. The van der Waals surface area contributed by atoms with E-state index in [1.165, 1.54) is 25.5 Å². The van der Waals surface area contributed by atoms with Crippen molar-refractivity contribution in [2.75, 3.05) is 6.54 Å². The first kappa shape index (κ1) is 21.7. The molecule has 29 heavy (non-hydrogen) atoms. The van der Waals surface area contributed by atoms with E-state index < -0.39 is 21.7 Å². The molecule has 0 atom stereocenters. The Morgan fingerprint density at radius 2 is 1.69 bits per heavy atom. The number of hydrogen-bond donors (Lipinski definition) is 3. The molecule has 2 amide bonds. The van der Waals surface area contributed by atoms with Crippen molar-refractivity contribution in [3.63, 3.8) is 0 Å². The van der Waals surface area contributed by atoms with Crippen LogP contribution < -0.4 is 15.4 Å². The Hall–Kier alpha value is -2.00. The molecule has 1 aromatic carbocycles. The minimum atomic E-state index is -3.89. The molecule has 9 heteroatoms. The molecule has 0 radical (unpaired) electrons. The van der Waals surface area contributed by atoms with Crippen molar-refractivity contribution in [2.45, 2.75) is 68.8 Å². The smallest absolute Gasteiger partial charge is 0.241 e. The Labute approximate surface area is 170 Å². The van der Waals surface area contributed by atoms with Gasteiger partial charge in [0.05, 0.1) is 11.4 Å². The fourth-order valence-electron chi connectivity index (χ4n) is 3.68. The van der Waals surface area contributed by atoms with Crippen LogP contribution >= 0.6 is 0 Å². The number of halogens is 1. The molecule has 0 unspecified atom stereocenters. The highest BCUT2D eigenvalue weighted by Gasteiger charge is 2.29. The number of aryl methyl sites for hydroxylation is 1. The highest BCUT2D eigenvalue weighted by Crippen LogP contribution is 2.26. The molecule has 2 fully saturated rings. The number of benzene rings is 1. The second kappa shape index (κ2) is 9.21. The van der Waals surface area contributed by atoms with Crippen molar-refractivity contribution >= 4 is 21.8 Å². The fourth-order valence-corrected chi connectivity index (χ4v) is 4.75. The minimum Gasteiger partial charge on any atom is -0.353 e. The molecule has 2 aliphatic rings. The van der Waals surface area contributed by atoms with Crippen molar-refractivity contribution in [2.24, 2.45) is 5.92 Å². The highest BCUT2D eigenvalue weighted by molar-refractivity contribution is 7.89. The average Bonchev–Trinajstić information content (AvgIpc) is 2.65. The van der Waals surface area contributed by atoms with Gasteiger partial charge < -0.3 is 10.6 Å². The van der Waals surface area contributed by atoms with E-state index in [1.807, 2.05) is 0 Å². The van der Waals surface area contributed by atoms with Gasteiger partial charge in [-0.3, -0.25) is 9.59 Å². The van der Waals surface area contributed by atoms with Crippen LogP contribution in [0.2, 0.25) is 0 Å². The quantitative estimate of drug-likeness (QED) is 0.619. The van der Waals surface area contributed by atoms with Crippen LogP contribution in [0, 0.1) is 18.7 Å². The molecule has 3 rings (SSSR count). The zero-order chi connectivity index (χ0) is 21.0. The van der Waals surface area contributed by atoms with E-state index in [0.717, 1.165) is 18.9 Å². The number of nitrogens with one attached hydrogen (secondary N) is 3. The highest BCUT2D eigenvalue weighted by atomic mass is 32.2. The van der Waals surface area contributed by atoms with Gasteiger partial charge in [-0.15, -0.1) is 0 Å². The molecule has 1 aromatic rings. The molecule has 0 saturated heterocycles. The molecule has 3 N–H and O–H groups in total. The summed E-state index contributed by atoms with van der Waals surface area (Å²) in [4.78, 5) is 24.3. The van der Waals surface area contributed by atoms with E-state index in [4.69, 9.17) is 0 Å². The normalized spacial score (nSPS) is 22.6. The van der Waals surface area contributed by atoms with Gasteiger partial charge in [0.2, 0.25) is 21.8 Å². The molecule has 2 aliphatic carbocycles.